The number of ether oxygens (including phenoxy) is 3. The van der Waals surface area contributed by atoms with Crippen molar-refractivity contribution in [3.63, 3.8) is 0 Å². The monoisotopic (exact) mass is 792 g/mol. The predicted molar refractivity (Wildman–Crippen MR) is 213 cm³/mol. The van der Waals surface area contributed by atoms with E-state index >= 15 is 0 Å². The van der Waals surface area contributed by atoms with Crippen molar-refractivity contribution in [2.24, 2.45) is 0 Å². The van der Waals surface area contributed by atoms with E-state index in [2.05, 4.69) is 59.0 Å². The Labute approximate surface area is 335 Å². The van der Waals surface area contributed by atoms with E-state index < -0.39 is 30.4 Å². The van der Waals surface area contributed by atoms with Gasteiger partial charge in [-0.15, -0.1) is 10.2 Å². The number of imidazole rings is 2. The highest BCUT2D eigenvalue weighted by molar-refractivity contribution is 5.90. The topological polar surface area (TPSA) is 210 Å². The molecule has 0 bridgehead atoms. The van der Waals surface area contributed by atoms with Crippen molar-refractivity contribution in [2.45, 2.75) is 76.2 Å². The van der Waals surface area contributed by atoms with Gasteiger partial charge in [-0.3, -0.25) is 9.59 Å². The normalized spacial score (nSPS) is 18.2. The van der Waals surface area contributed by atoms with Gasteiger partial charge in [-0.05, 0) is 74.1 Å². The molecule has 5 aromatic rings. The van der Waals surface area contributed by atoms with Crippen LogP contribution in [0.1, 0.15) is 69.7 Å². The molecule has 3 aromatic heterocycles. The summed E-state index contributed by atoms with van der Waals surface area (Å²) in [6.07, 6.45) is 5.14. The van der Waals surface area contributed by atoms with Crippen molar-refractivity contribution >= 4 is 34.8 Å². The molecule has 2 fully saturated rings. The summed E-state index contributed by atoms with van der Waals surface area (Å²) in [6.45, 7) is 4.68. The third-order valence-electron chi connectivity index (χ3n) is 11.0. The van der Waals surface area contributed by atoms with Crippen molar-refractivity contribution in [1.29, 1.82) is 0 Å². The summed E-state index contributed by atoms with van der Waals surface area (Å²) >= 11 is 0. The lowest BCUT2D eigenvalue weighted by molar-refractivity contribution is -0.137. The minimum atomic E-state index is -0.904. The molecule has 0 saturated carbocycles. The van der Waals surface area contributed by atoms with Gasteiger partial charge in [0.15, 0.2) is 0 Å². The molecular formula is C41H48N10O7. The number of nitrogens with one attached hydrogen (secondary N) is 4. The Bertz CT molecular complexity index is 2270. The van der Waals surface area contributed by atoms with Gasteiger partial charge in [-0.2, -0.15) is 0 Å². The number of hydrogen-bond acceptors (Lipinski definition) is 11. The average Bonchev–Trinajstić information content (AvgIpc) is 4.10. The van der Waals surface area contributed by atoms with Crippen LogP contribution in [-0.4, -0.2) is 117 Å². The number of likely N-dealkylation sites (tertiary alicyclic amines) is 2. The molecule has 0 radical (unpaired) electrons. The number of nitrogens with zero attached hydrogens (tertiary/aromatic N) is 6. The summed E-state index contributed by atoms with van der Waals surface area (Å²) in [5, 5.41) is 16.3. The number of aromatic amines is 2. The van der Waals surface area contributed by atoms with Gasteiger partial charge in [0.1, 0.15) is 29.4 Å². The largest absolute Gasteiger partial charge is 0.453 e. The smallest absolute Gasteiger partial charge is 0.407 e. The van der Waals surface area contributed by atoms with E-state index in [-0.39, 0.29) is 23.9 Å². The van der Waals surface area contributed by atoms with Gasteiger partial charge in [0.25, 0.3) is 0 Å². The fourth-order valence-corrected chi connectivity index (χ4v) is 7.74. The van der Waals surface area contributed by atoms with Gasteiger partial charge in [0.05, 0.1) is 61.9 Å². The molecule has 17 heteroatoms. The van der Waals surface area contributed by atoms with Gasteiger partial charge in [0.2, 0.25) is 11.8 Å². The summed E-state index contributed by atoms with van der Waals surface area (Å²) in [5.74, 6) is 0.916. The molecular weight excluding hydrogens is 745 g/mol. The van der Waals surface area contributed by atoms with Crippen LogP contribution in [0.15, 0.2) is 60.9 Å². The highest BCUT2D eigenvalue weighted by Gasteiger charge is 2.39. The second kappa shape index (κ2) is 17.4. The van der Waals surface area contributed by atoms with Gasteiger partial charge < -0.3 is 44.6 Å². The number of amides is 4. The van der Waals surface area contributed by atoms with Crippen molar-refractivity contribution < 1.29 is 33.4 Å². The van der Waals surface area contributed by atoms with E-state index in [4.69, 9.17) is 14.2 Å². The lowest BCUT2D eigenvalue weighted by atomic mass is 10.0. The summed E-state index contributed by atoms with van der Waals surface area (Å²) in [7, 11) is 4.02. The van der Waals surface area contributed by atoms with Crippen LogP contribution in [0.2, 0.25) is 0 Å². The maximum absolute atomic E-state index is 13.6. The first-order valence-corrected chi connectivity index (χ1v) is 19.4. The molecule has 0 aliphatic carbocycles. The fraction of sp³-hybridized carbons (Fsp3) is 0.415. The second-order valence-electron chi connectivity index (χ2n) is 14.5. The molecule has 5 heterocycles. The molecule has 0 spiro atoms. The Kier molecular flexibility index (Phi) is 12.0. The molecule has 304 valence electrons. The maximum atomic E-state index is 13.6. The first-order chi connectivity index (χ1) is 28.1. The number of methoxy groups -OCH3 is 3. The van der Waals surface area contributed by atoms with Crippen LogP contribution in [0.25, 0.3) is 44.7 Å². The van der Waals surface area contributed by atoms with Crippen LogP contribution >= 0.6 is 0 Å². The van der Waals surface area contributed by atoms with E-state index in [0.717, 1.165) is 53.3 Å². The zero-order valence-corrected chi connectivity index (χ0v) is 33.2. The number of aromatic nitrogens is 6. The lowest BCUT2D eigenvalue weighted by Crippen LogP contribution is -2.54. The summed E-state index contributed by atoms with van der Waals surface area (Å²) in [5.41, 5.74) is 4.70. The minimum Gasteiger partial charge on any atom is -0.453 e. The highest BCUT2D eigenvalue weighted by atomic mass is 16.5. The van der Waals surface area contributed by atoms with Crippen molar-refractivity contribution in [1.82, 2.24) is 50.6 Å². The lowest BCUT2D eigenvalue weighted by Gasteiger charge is -2.30. The number of alkyl carbamates (subject to hydrolysis) is 2. The van der Waals surface area contributed by atoms with Crippen LogP contribution in [0.5, 0.6) is 0 Å². The summed E-state index contributed by atoms with van der Waals surface area (Å²) in [6, 6.07) is 14.0. The molecule has 2 saturated heterocycles. The first kappa shape index (κ1) is 39.9. The maximum Gasteiger partial charge on any atom is 0.407 e. The number of fused-ring (bicyclic) bond motifs is 1. The number of hydrogen-bond donors (Lipinski definition) is 4. The Morgan fingerprint density at radius 3 is 1.90 bits per heavy atom. The van der Waals surface area contributed by atoms with Crippen LogP contribution in [0.4, 0.5) is 9.59 Å². The Hall–Kier alpha value is -6.36. The summed E-state index contributed by atoms with van der Waals surface area (Å²) in [4.78, 5) is 70.4. The van der Waals surface area contributed by atoms with E-state index in [0.29, 0.717) is 48.2 Å². The molecule has 4 N–H and O–H groups in total. The fourth-order valence-electron chi connectivity index (χ4n) is 7.74. The molecule has 0 unspecified atom stereocenters. The summed E-state index contributed by atoms with van der Waals surface area (Å²) < 4.78 is 14.8. The van der Waals surface area contributed by atoms with Gasteiger partial charge in [-0.1, -0.05) is 31.2 Å². The van der Waals surface area contributed by atoms with Crippen molar-refractivity contribution in [3.8, 4) is 33.9 Å². The molecule has 17 nitrogen and oxygen atoms in total. The number of carbonyl (C=O) groups is 4. The number of benzene rings is 2. The zero-order valence-electron chi connectivity index (χ0n) is 33.2. The van der Waals surface area contributed by atoms with E-state index in [1.165, 1.54) is 21.3 Å². The SMILES string of the molecule is CC[C@@H](NC(=O)OC)C(=O)N1CCC[C@H]1c1ncc(-c2ccc(-c3ccc4cc(-c5cnc([C@@H]6CCCN6C(=O)[C@@H](NC(=O)OC)[C@@H](C)OC)[nH]5)ccc4c3)nn2)[nH]1. The third kappa shape index (κ3) is 8.20. The molecule has 2 aromatic carbocycles. The predicted octanol–water partition coefficient (Wildman–Crippen LogP) is 5.30. The minimum absolute atomic E-state index is 0.166. The van der Waals surface area contributed by atoms with Crippen molar-refractivity contribution in [2.75, 3.05) is 34.4 Å². The van der Waals surface area contributed by atoms with Crippen LogP contribution in [0, 0.1) is 0 Å². The number of H-pyrrole nitrogens is 2. The van der Waals surface area contributed by atoms with Gasteiger partial charge in [0, 0.05) is 31.3 Å². The molecule has 2 aliphatic rings. The molecule has 5 atom stereocenters. The number of rotatable bonds is 12. The Balaban J connectivity index is 1.02. The van der Waals surface area contributed by atoms with Crippen molar-refractivity contribution in [3.05, 3.63) is 72.6 Å². The molecule has 4 amide bonds. The van der Waals surface area contributed by atoms with E-state index in [1.807, 2.05) is 37.3 Å². The van der Waals surface area contributed by atoms with Crippen LogP contribution in [-0.2, 0) is 23.8 Å². The zero-order chi connectivity index (χ0) is 40.9. The molecule has 7 rings (SSSR count). The Morgan fingerprint density at radius 1 is 0.741 bits per heavy atom. The standard InChI is InChI=1S/C41H48N10O7/c1-6-28(46-40(54)57-4)38(52)50-17-7-9-33(50)37-43-22-32(45-37)30-16-15-29(48-49-30)26-13-11-25-20-27(14-12-24(25)19-26)31-21-42-36(44-31)34-10-8-18-51(34)39(53)35(23(2)56-3)47-41(55)58-5/h11-16,19-23,28,33-35H,6-10,17-18H2,1-5H3,(H,42,44)(H,43,45)(H,46,54)(H,47,55)/t23-,28-,33+,34+,35+/m1/s1. The highest BCUT2D eigenvalue weighted by Crippen LogP contribution is 2.35. The van der Waals surface area contributed by atoms with Crippen LogP contribution < -0.4 is 10.6 Å². The molecule has 2 aliphatic heterocycles. The third-order valence-corrected chi connectivity index (χ3v) is 11.0. The van der Waals surface area contributed by atoms with Gasteiger partial charge >= 0.3 is 12.2 Å². The quantitative estimate of drug-likeness (QED) is 0.127. The first-order valence-electron chi connectivity index (χ1n) is 19.4. The van der Waals surface area contributed by atoms with E-state index in [1.54, 1.807) is 29.1 Å². The van der Waals surface area contributed by atoms with E-state index in [9.17, 15) is 19.2 Å². The van der Waals surface area contributed by atoms with Gasteiger partial charge in [-0.25, -0.2) is 19.6 Å². The molecule has 58 heavy (non-hydrogen) atoms. The second-order valence-corrected chi connectivity index (χ2v) is 14.5. The average molecular weight is 793 g/mol. The Morgan fingerprint density at radius 2 is 1.29 bits per heavy atom. The van der Waals surface area contributed by atoms with Crippen LogP contribution in [0.3, 0.4) is 0 Å². The number of carbonyl (C=O) groups excluding carboxylic acids is 4.